The average molecular weight is 432 g/mol. The van der Waals surface area contributed by atoms with Crippen molar-refractivity contribution < 1.29 is 52.0 Å². The van der Waals surface area contributed by atoms with Crippen LogP contribution in [0, 0.1) is 0 Å². The fraction of sp³-hybridized carbons (Fsp3) is 0.278. The predicted molar refractivity (Wildman–Crippen MR) is 108 cm³/mol. The number of anilines is 2. The van der Waals surface area contributed by atoms with Crippen molar-refractivity contribution in [2.75, 3.05) is 24.4 Å². The Morgan fingerprint density at radius 2 is 1.71 bits per heavy atom. The van der Waals surface area contributed by atoms with Crippen LogP contribution in [0.3, 0.4) is 0 Å². The average Bonchev–Trinajstić information content (AvgIpc) is 2.62. The normalized spacial score (nSPS) is 10.5. The van der Waals surface area contributed by atoms with E-state index in [-0.39, 0.29) is 40.4 Å². The van der Waals surface area contributed by atoms with E-state index in [4.69, 9.17) is 21.7 Å². The molecule has 2 N–H and O–H groups in total. The minimum atomic E-state index is -4.67. The van der Waals surface area contributed by atoms with Gasteiger partial charge in [-0.15, -0.1) is 0 Å². The Labute approximate surface area is 192 Å². The van der Waals surface area contributed by atoms with E-state index >= 15 is 0 Å². The predicted octanol–water partition coefficient (Wildman–Crippen LogP) is 0.591. The van der Waals surface area contributed by atoms with Gasteiger partial charge in [0.05, 0.1) is 18.6 Å². The minimum absolute atomic E-state index is 0. The molecule has 2 aromatic rings. The van der Waals surface area contributed by atoms with E-state index in [9.17, 15) is 13.0 Å². The van der Waals surface area contributed by atoms with Gasteiger partial charge < -0.3 is 24.7 Å². The van der Waals surface area contributed by atoms with Crippen LogP contribution in [0.15, 0.2) is 47.4 Å². The zero-order valence-corrected chi connectivity index (χ0v) is 19.7. The van der Waals surface area contributed by atoms with Crippen molar-refractivity contribution in [2.24, 2.45) is 0 Å². The van der Waals surface area contributed by atoms with Gasteiger partial charge in [-0.1, -0.05) is 13.3 Å². The van der Waals surface area contributed by atoms with E-state index in [0.717, 1.165) is 24.3 Å². The Bertz CT molecular complexity index is 889. The summed E-state index contributed by atoms with van der Waals surface area (Å²) < 4.78 is 44.5. The molecule has 0 aromatic heterocycles. The number of thiocarbonyl (C=S) groups is 1. The number of unbranched alkanes of at least 4 members (excludes halogenated alkanes) is 1. The maximum atomic E-state index is 11.3. The number of methoxy groups -OCH3 is 1. The van der Waals surface area contributed by atoms with Crippen molar-refractivity contribution in [1.82, 2.24) is 0 Å². The van der Waals surface area contributed by atoms with Gasteiger partial charge in [0, 0.05) is 11.4 Å². The quantitative estimate of drug-likeness (QED) is 0.271. The fourth-order valence-electron chi connectivity index (χ4n) is 2.21. The Balaban J connectivity index is 0.00000392. The molecule has 0 aliphatic heterocycles. The number of ether oxygens (including phenoxy) is 2. The van der Waals surface area contributed by atoms with Crippen molar-refractivity contribution in [3.8, 4) is 11.5 Å². The van der Waals surface area contributed by atoms with Gasteiger partial charge in [0.1, 0.15) is 21.6 Å². The van der Waals surface area contributed by atoms with E-state index in [2.05, 4.69) is 17.6 Å². The molecular formula is C18H21N2NaO5S2. The first kappa shape index (κ1) is 24.7. The van der Waals surface area contributed by atoms with E-state index in [1.54, 1.807) is 6.07 Å². The molecular weight excluding hydrogens is 411 g/mol. The number of hydrogen-bond donors (Lipinski definition) is 2. The number of nitrogens with one attached hydrogen (secondary N) is 2. The third-order valence-electron chi connectivity index (χ3n) is 3.57. The molecule has 0 bridgehead atoms. The van der Waals surface area contributed by atoms with Gasteiger partial charge in [-0.25, -0.2) is 8.42 Å². The number of hydrogen-bond acceptors (Lipinski definition) is 6. The van der Waals surface area contributed by atoms with Crippen LogP contribution >= 0.6 is 12.2 Å². The van der Waals surface area contributed by atoms with Crippen molar-refractivity contribution in [1.29, 1.82) is 0 Å². The molecule has 0 heterocycles. The summed E-state index contributed by atoms with van der Waals surface area (Å²) in [7, 11) is -3.38. The molecule has 0 amide bonds. The van der Waals surface area contributed by atoms with Crippen LogP contribution in [-0.4, -0.2) is 31.8 Å². The summed E-state index contributed by atoms with van der Waals surface area (Å²) in [6, 6.07) is 11.4. The Hall–Kier alpha value is -1.36. The molecule has 2 aromatic carbocycles. The summed E-state index contributed by atoms with van der Waals surface area (Å²) in [5, 5.41) is 6.06. The van der Waals surface area contributed by atoms with Crippen LogP contribution < -0.4 is 49.7 Å². The van der Waals surface area contributed by atoms with Crippen molar-refractivity contribution >= 4 is 38.8 Å². The third kappa shape index (κ3) is 7.57. The van der Waals surface area contributed by atoms with Gasteiger partial charge in [-0.05, 0) is 61.1 Å². The smallest absolute Gasteiger partial charge is 0.744 e. The first-order chi connectivity index (χ1) is 12.8. The van der Waals surface area contributed by atoms with E-state index < -0.39 is 15.0 Å². The summed E-state index contributed by atoms with van der Waals surface area (Å²) >= 11 is 5.22. The summed E-state index contributed by atoms with van der Waals surface area (Å²) in [5.74, 6) is 0.751. The van der Waals surface area contributed by atoms with Gasteiger partial charge in [0.25, 0.3) is 0 Å². The van der Waals surface area contributed by atoms with Gasteiger partial charge in [-0.2, -0.15) is 0 Å². The fourth-order valence-corrected chi connectivity index (χ4v) is 3.12. The molecule has 146 valence electrons. The second-order valence-electron chi connectivity index (χ2n) is 5.63. The molecule has 0 saturated carbocycles. The first-order valence-corrected chi connectivity index (χ1v) is 10.1. The summed E-state index contributed by atoms with van der Waals surface area (Å²) in [6.07, 6.45) is 2.07. The van der Waals surface area contributed by atoms with Crippen LogP contribution in [0.25, 0.3) is 0 Å². The topological polar surface area (TPSA) is 99.7 Å². The SMILES string of the molecule is CCCCOc1ccc(NC(=S)Nc2ccc(OC)c(S(=O)(=O)[O-])c2)cc1.[Na+]. The number of benzene rings is 2. The second kappa shape index (κ2) is 11.6. The first-order valence-electron chi connectivity index (χ1n) is 8.28. The minimum Gasteiger partial charge on any atom is -0.744 e. The van der Waals surface area contributed by atoms with Crippen LogP contribution in [0.2, 0.25) is 0 Å². The molecule has 0 unspecified atom stereocenters. The molecule has 0 saturated heterocycles. The molecule has 28 heavy (non-hydrogen) atoms. The van der Waals surface area contributed by atoms with Crippen LogP contribution in [0.4, 0.5) is 11.4 Å². The van der Waals surface area contributed by atoms with Crippen molar-refractivity contribution in [3.63, 3.8) is 0 Å². The largest absolute Gasteiger partial charge is 1.00 e. The molecule has 0 radical (unpaired) electrons. The maximum Gasteiger partial charge on any atom is 1.00 e. The van der Waals surface area contributed by atoms with E-state index in [1.165, 1.54) is 19.2 Å². The molecule has 0 aliphatic carbocycles. The van der Waals surface area contributed by atoms with Crippen LogP contribution in [0.1, 0.15) is 19.8 Å². The maximum absolute atomic E-state index is 11.3. The van der Waals surface area contributed by atoms with Gasteiger partial charge >= 0.3 is 29.6 Å². The Morgan fingerprint density at radius 3 is 2.29 bits per heavy atom. The van der Waals surface area contributed by atoms with Crippen molar-refractivity contribution in [3.05, 3.63) is 42.5 Å². The summed E-state index contributed by atoms with van der Waals surface area (Å²) in [6.45, 7) is 2.77. The zero-order chi connectivity index (χ0) is 19.9. The monoisotopic (exact) mass is 432 g/mol. The number of rotatable bonds is 8. The molecule has 2 rings (SSSR count). The Kier molecular flexibility index (Phi) is 10.2. The Morgan fingerprint density at radius 1 is 1.11 bits per heavy atom. The van der Waals surface area contributed by atoms with Crippen molar-refractivity contribution in [2.45, 2.75) is 24.7 Å². The summed E-state index contributed by atoms with van der Waals surface area (Å²) in [4.78, 5) is -0.452. The van der Waals surface area contributed by atoms with Gasteiger partial charge in [0.2, 0.25) is 0 Å². The van der Waals surface area contributed by atoms with E-state index in [0.29, 0.717) is 12.3 Å². The van der Waals surface area contributed by atoms with E-state index in [1.807, 2.05) is 24.3 Å². The molecule has 10 heteroatoms. The standard InChI is InChI=1S/C18H22N2O5S2.Na/c1-3-4-11-25-15-8-5-13(6-9-15)19-18(26)20-14-7-10-16(24-2)17(12-14)27(21,22)23;/h5-10,12H,3-4,11H2,1-2H3,(H2,19,20,26)(H,21,22,23);/q;+1/p-1. The van der Waals surface area contributed by atoms with Crippen LogP contribution in [-0.2, 0) is 10.1 Å². The molecule has 0 fully saturated rings. The molecule has 0 spiro atoms. The van der Waals surface area contributed by atoms with Gasteiger partial charge in [-0.3, -0.25) is 0 Å². The zero-order valence-electron chi connectivity index (χ0n) is 16.0. The molecule has 0 atom stereocenters. The third-order valence-corrected chi connectivity index (χ3v) is 4.63. The molecule has 7 nitrogen and oxygen atoms in total. The van der Waals surface area contributed by atoms with Crippen LogP contribution in [0.5, 0.6) is 11.5 Å². The summed E-state index contributed by atoms with van der Waals surface area (Å²) in [5.41, 5.74) is 1.09. The molecule has 0 aliphatic rings. The van der Waals surface area contributed by atoms with Gasteiger partial charge in [0.15, 0.2) is 5.11 Å². The second-order valence-corrected chi connectivity index (χ2v) is 7.38.